The second-order valence-corrected chi connectivity index (χ2v) is 13.9. The van der Waals surface area contributed by atoms with Gasteiger partial charge < -0.3 is 27.2 Å². The number of thioether (sulfide) groups is 3. The number of rotatable bonds is 13. The van der Waals surface area contributed by atoms with Gasteiger partial charge in [-0.25, -0.2) is 9.78 Å². The van der Waals surface area contributed by atoms with Gasteiger partial charge in [-0.1, -0.05) is 34.7 Å². The van der Waals surface area contributed by atoms with Gasteiger partial charge in [-0.15, -0.1) is 16.7 Å². The first-order valence-corrected chi connectivity index (χ1v) is 16.4. The molecule has 42 heavy (non-hydrogen) atoms. The third kappa shape index (κ3) is 7.00. The van der Waals surface area contributed by atoms with E-state index >= 15 is 0 Å². The molecule has 0 saturated carbocycles. The summed E-state index contributed by atoms with van der Waals surface area (Å²) in [5, 5.41) is 17.4. The molecule has 1 saturated heterocycles. The molecule has 7 N–H and O–H groups in total. The molecule has 2 aliphatic heterocycles. The fraction of sp³-hybridized carbons (Fsp3) is 0.391. The van der Waals surface area contributed by atoms with Crippen molar-refractivity contribution in [2.24, 2.45) is 10.9 Å². The first-order chi connectivity index (χ1) is 20.0. The van der Waals surface area contributed by atoms with Gasteiger partial charge in [0.2, 0.25) is 11.9 Å². The maximum absolute atomic E-state index is 13.1. The Morgan fingerprint density at radius 3 is 2.76 bits per heavy atom. The second-order valence-electron chi connectivity index (χ2n) is 8.91. The number of thiazole rings is 1. The van der Waals surface area contributed by atoms with E-state index in [1.807, 2.05) is 0 Å². The van der Waals surface area contributed by atoms with Crippen molar-refractivity contribution in [2.45, 2.75) is 41.1 Å². The zero-order valence-electron chi connectivity index (χ0n) is 21.8. The van der Waals surface area contributed by atoms with Crippen LogP contribution in [0.15, 0.2) is 39.1 Å². The number of halogens is 1. The van der Waals surface area contributed by atoms with Crippen LogP contribution in [0.5, 0.6) is 0 Å². The van der Waals surface area contributed by atoms with Gasteiger partial charge in [-0.05, 0) is 23.7 Å². The molecule has 14 nitrogen and oxygen atoms in total. The van der Waals surface area contributed by atoms with E-state index in [-0.39, 0.29) is 32.5 Å². The molecule has 19 heteroatoms. The van der Waals surface area contributed by atoms with Gasteiger partial charge in [0.25, 0.3) is 11.8 Å². The molecule has 0 bridgehead atoms. The van der Waals surface area contributed by atoms with E-state index in [9.17, 15) is 29.2 Å². The minimum Gasteiger partial charge on any atom is -0.477 e. The molecule has 2 aromatic rings. The molecule has 2 aromatic heterocycles. The molecule has 4 rings (SSSR count). The van der Waals surface area contributed by atoms with Crippen LogP contribution in [0.2, 0.25) is 4.34 Å². The number of aliphatic carboxylic acids is 1. The van der Waals surface area contributed by atoms with Crippen molar-refractivity contribution < 1.29 is 24.3 Å². The van der Waals surface area contributed by atoms with E-state index in [0.717, 1.165) is 26.7 Å². The normalized spacial score (nSPS) is 19.4. The smallest absolute Gasteiger partial charge is 0.353 e. The Kier molecular flexibility index (Phi) is 10.7. The van der Waals surface area contributed by atoms with Gasteiger partial charge in [0.05, 0.1) is 6.04 Å². The number of carboxylic acid groups (broad SMARTS) is 1. The molecule has 4 atom stereocenters. The standard InChI is InChI=1S/C23H25ClN8O6S4/c1-9(25)18(33)28-4-5-39-7-10-6-27-3-2-11(10)41-12-8-40-21-15(20(35)32(21)16(12)22(36)37)29-19(34)14(31-38)13-17(24)42-23(26)30-13/h2-3,6,9,14-15,21H,4-5,7-8,25H2,1H3,(H2,26,30)(H,28,33)(H,29,34)(H,36,37)/t9-,14?,15+,21-/m0/s1. The van der Waals surface area contributed by atoms with Gasteiger partial charge >= 0.3 is 5.97 Å². The van der Waals surface area contributed by atoms with Crippen LogP contribution in [0.4, 0.5) is 5.13 Å². The molecule has 4 heterocycles. The average Bonchev–Trinajstić information content (AvgIpc) is 3.29. The Morgan fingerprint density at radius 1 is 1.36 bits per heavy atom. The minimum atomic E-state index is -1.62. The second kappa shape index (κ2) is 14.0. The van der Waals surface area contributed by atoms with Crippen LogP contribution in [0.25, 0.3) is 0 Å². The number of aromatic nitrogens is 2. The number of β-lactam (4-membered cyclic amide) rings is 1. The number of fused-ring (bicyclic) bond motifs is 1. The summed E-state index contributed by atoms with van der Waals surface area (Å²) in [4.78, 5) is 71.7. The van der Waals surface area contributed by atoms with Crippen molar-refractivity contribution in [1.82, 2.24) is 25.5 Å². The van der Waals surface area contributed by atoms with Crippen molar-refractivity contribution in [3.63, 3.8) is 0 Å². The highest BCUT2D eigenvalue weighted by molar-refractivity contribution is 8.06. The Morgan fingerprint density at radius 2 is 2.12 bits per heavy atom. The lowest BCUT2D eigenvalue weighted by molar-refractivity contribution is -0.150. The quantitative estimate of drug-likeness (QED) is 0.116. The lowest BCUT2D eigenvalue weighted by Gasteiger charge is -2.49. The maximum Gasteiger partial charge on any atom is 0.353 e. The van der Waals surface area contributed by atoms with Crippen LogP contribution in [-0.2, 0) is 24.9 Å². The molecular weight excluding hydrogens is 648 g/mol. The fourth-order valence-electron chi connectivity index (χ4n) is 3.97. The van der Waals surface area contributed by atoms with Crippen LogP contribution >= 0.6 is 58.2 Å². The van der Waals surface area contributed by atoms with Gasteiger partial charge in [0.15, 0.2) is 5.13 Å². The predicted molar refractivity (Wildman–Crippen MR) is 163 cm³/mol. The van der Waals surface area contributed by atoms with E-state index in [4.69, 9.17) is 23.1 Å². The van der Waals surface area contributed by atoms with Crippen molar-refractivity contribution in [1.29, 1.82) is 0 Å². The van der Waals surface area contributed by atoms with Crippen molar-refractivity contribution >= 4 is 87.0 Å². The summed E-state index contributed by atoms with van der Waals surface area (Å²) in [6.45, 7) is 2.05. The number of nitroso groups, excluding NO2 is 1. The number of nitrogens with zero attached hydrogens (tertiary/aromatic N) is 4. The number of nitrogens with one attached hydrogen (secondary N) is 2. The first-order valence-electron chi connectivity index (χ1n) is 12.2. The molecule has 3 amide bonds. The molecule has 224 valence electrons. The largest absolute Gasteiger partial charge is 0.477 e. The molecular formula is C23H25ClN8O6S4. The average molecular weight is 673 g/mol. The number of carboxylic acids is 1. The minimum absolute atomic E-state index is 0.0282. The topological polar surface area (TPSA) is 223 Å². The van der Waals surface area contributed by atoms with Gasteiger partial charge in [0, 0.05) is 46.0 Å². The van der Waals surface area contributed by atoms with E-state index in [1.54, 1.807) is 37.1 Å². The molecule has 1 fully saturated rings. The highest BCUT2D eigenvalue weighted by Gasteiger charge is 2.55. The fourth-order valence-corrected chi connectivity index (χ4v) is 8.44. The molecule has 0 spiro atoms. The third-order valence-corrected chi connectivity index (χ3v) is 10.8. The predicted octanol–water partition coefficient (Wildman–Crippen LogP) is 1.77. The first kappa shape index (κ1) is 32.0. The number of amides is 3. The van der Waals surface area contributed by atoms with Crippen LogP contribution < -0.4 is 22.1 Å². The number of carbonyl (C=O) groups is 4. The Bertz CT molecular complexity index is 1440. The van der Waals surface area contributed by atoms with Crippen LogP contribution in [0.3, 0.4) is 0 Å². The highest BCUT2D eigenvalue weighted by Crippen LogP contribution is 2.46. The van der Waals surface area contributed by atoms with Crippen LogP contribution in [0.1, 0.15) is 24.2 Å². The zero-order chi connectivity index (χ0) is 30.6. The number of anilines is 1. The van der Waals surface area contributed by atoms with Crippen LogP contribution in [-0.4, -0.2) is 79.2 Å². The van der Waals surface area contributed by atoms with E-state index in [1.165, 1.54) is 23.5 Å². The summed E-state index contributed by atoms with van der Waals surface area (Å²) in [6, 6.07) is -1.51. The lowest BCUT2D eigenvalue weighted by atomic mass is 10.0. The molecule has 0 aliphatic carbocycles. The Balaban J connectivity index is 1.43. The number of carbonyl (C=O) groups excluding carboxylic acids is 3. The Labute approximate surface area is 261 Å². The number of hydrogen-bond donors (Lipinski definition) is 5. The number of hydrogen-bond acceptors (Lipinski definition) is 14. The van der Waals surface area contributed by atoms with Crippen LogP contribution in [0, 0.1) is 4.91 Å². The summed E-state index contributed by atoms with van der Waals surface area (Å²) in [5.41, 5.74) is 11.7. The van der Waals surface area contributed by atoms with Crippen molar-refractivity contribution in [3.8, 4) is 0 Å². The summed E-state index contributed by atoms with van der Waals surface area (Å²) < 4.78 is 0.0282. The van der Waals surface area contributed by atoms with E-state index in [0.29, 0.717) is 23.0 Å². The Hall–Kier alpha value is -2.90. The number of nitrogens with two attached hydrogens (primary N) is 2. The summed E-state index contributed by atoms with van der Waals surface area (Å²) in [6.07, 6.45) is 3.29. The summed E-state index contributed by atoms with van der Waals surface area (Å²) >= 11 is 11.0. The van der Waals surface area contributed by atoms with Gasteiger partial charge in [0.1, 0.15) is 27.1 Å². The molecule has 0 aromatic carbocycles. The zero-order valence-corrected chi connectivity index (χ0v) is 25.8. The highest BCUT2D eigenvalue weighted by atomic mass is 35.5. The number of nitrogen functional groups attached to an aromatic ring is 1. The number of pyridine rings is 1. The van der Waals surface area contributed by atoms with E-state index < -0.39 is 41.3 Å². The van der Waals surface area contributed by atoms with E-state index in [2.05, 4.69) is 25.8 Å². The maximum atomic E-state index is 13.1. The molecule has 0 radical (unpaired) electrons. The lowest BCUT2D eigenvalue weighted by Crippen LogP contribution is -2.70. The van der Waals surface area contributed by atoms with Gasteiger partial charge in [-0.3, -0.25) is 24.3 Å². The SMILES string of the molecule is C[C@H](N)C(=O)NCCSCc1cnccc1SC1=C(C(=O)O)N2C(=O)[C@@H](NC(=O)C(N=O)c3nc(N)sc3Cl)[C@@H]2SC1. The summed E-state index contributed by atoms with van der Waals surface area (Å²) in [5.74, 6) is -1.59. The van der Waals surface area contributed by atoms with Crippen molar-refractivity contribution in [2.75, 3.05) is 23.8 Å². The third-order valence-electron chi connectivity index (χ3n) is 5.98. The van der Waals surface area contributed by atoms with Gasteiger partial charge in [-0.2, -0.15) is 11.8 Å². The summed E-state index contributed by atoms with van der Waals surface area (Å²) in [7, 11) is 0. The molecule has 2 aliphatic rings. The monoisotopic (exact) mass is 672 g/mol. The van der Waals surface area contributed by atoms with Crippen molar-refractivity contribution in [3.05, 3.63) is 49.6 Å². The molecule has 1 unspecified atom stereocenters.